The molecule has 3 atom stereocenters. The second-order valence-corrected chi connectivity index (χ2v) is 15.8. The van der Waals surface area contributed by atoms with Gasteiger partial charge in [-0.15, -0.1) is 0 Å². The van der Waals surface area contributed by atoms with Crippen LogP contribution in [-0.4, -0.2) is 46.9 Å². The van der Waals surface area contributed by atoms with E-state index in [1.807, 2.05) is 0 Å². The van der Waals surface area contributed by atoms with E-state index in [0.29, 0.717) is 19.3 Å². The van der Waals surface area contributed by atoms with Crippen molar-refractivity contribution in [2.45, 2.75) is 257 Å². The lowest BCUT2D eigenvalue weighted by Gasteiger charge is -2.24. The second kappa shape index (κ2) is 41.5. The second-order valence-electron chi connectivity index (χ2n) is 15.8. The molecule has 3 unspecified atom stereocenters. The molecule has 0 aliphatic carbocycles. The quantitative estimate of drug-likeness (QED) is 0.0329. The summed E-state index contributed by atoms with van der Waals surface area (Å²) in [7, 11) is 0. The number of esters is 1. The molecule has 6 heteroatoms. The highest BCUT2D eigenvalue weighted by atomic mass is 16.5. The lowest BCUT2D eigenvalue weighted by Crippen LogP contribution is -2.46. The average molecular weight is 748 g/mol. The number of allylic oxidation sites excluding steroid dienone is 4. The van der Waals surface area contributed by atoms with Crippen molar-refractivity contribution >= 4 is 11.9 Å². The number of carbonyl (C=O) groups is 2. The van der Waals surface area contributed by atoms with Gasteiger partial charge in [-0.25, -0.2) is 0 Å². The number of nitrogens with one attached hydrogen (secondary N) is 1. The van der Waals surface area contributed by atoms with Crippen molar-refractivity contribution < 1.29 is 24.5 Å². The Kier molecular flexibility index (Phi) is 40.2. The predicted octanol–water partition coefficient (Wildman–Crippen LogP) is 13.2. The van der Waals surface area contributed by atoms with Gasteiger partial charge in [-0.1, -0.05) is 199 Å². The van der Waals surface area contributed by atoms with Gasteiger partial charge in [0.15, 0.2) is 0 Å². The molecule has 3 N–H and O–H groups in total. The number of unbranched alkanes of at least 4 members (excludes halogenated alkanes) is 25. The van der Waals surface area contributed by atoms with E-state index in [4.69, 9.17) is 4.74 Å². The molecule has 0 spiro atoms. The first kappa shape index (κ1) is 51.3. The maximum absolute atomic E-state index is 13.1. The molecule has 0 fully saturated rings. The molecule has 0 saturated heterocycles. The van der Waals surface area contributed by atoms with Crippen LogP contribution >= 0.6 is 0 Å². The van der Waals surface area contributed by atoms with Gasteiger partial charge < -0.3 is 20.3 Å². The molecule has 0 aromatic carbocycles. The van der Waals surface area contributed by atoms with Crippen molar-refractivity contribution in [3.8, 4) is 0 Å². The third-order valence-corrected chi connectivity index (χ3v) is 10.5. The Morgan fingerprint density at radius 2 is 1.02 bits per heavy atom. The maximum atomic E-state index is 13.1. The standard InChI is InChI=1S/C47H89NO5/c1-4-7-10-13-16-19-21-22-23-25-28-31-34-37-40-47(52)53-43(38-35-32-29-26-18-15-12-9-6-3)41-46(51)48-44(42-49)45(50)39-36-33-30-27-24-20-17-14-11-8-5-2/h7,10,16,19,43-45,49-50H,4-6,8-9,11-15,17-18,20-42H2,1-3H3,(H,48,51)/b10-7+,19-16+. The molecule has 1 amide bonds. The van der Waals surface area contributed by atoms with Crippen LogP contribution < -0.4 is 5.32 Å². The van der Waals surface area contributed by atoms with Crippen LogP contribution in [-0.2, 0) is 14.3 Å². The summed E-state index contributed by atoms with van der Waals surface area (Å²) in [4.78, 5) is 25.9. The van der Waals surface area contributed by atoms with E-state index in [1.54, 1.807) is 0 Å². The summed E-state index contributed by atoms with van der Waals surface area (Å²) in [6.45, 7) is 6.35. The number of hydrogen-bond donors (Lipinski definition) is 3. The van der Waals surface area contributed by atoms with Crippen LogP contribution in [0.5, 0.6) is 0 Å². The van der Waals surface area contributed by atoms with E-state index in [2.05, 4.69) is 50.4 Å². The Balaban J connectivity index is 4.51. The van der Waals surface area contributed by atoms with Gasteiger partial charge in [0.1, 0.15) is 6.10 Å². The third-order valence-electron chi connectivity index (χ3n) is 10.5. The summed E-state index contributed by atoms with van der Waals surface area (Å²) >= 11 is 0. The van der Waals surface area contributed by atoms with Crippen molar-refractivity contribution in [3.05, 3.63) is 24.3 Å². The van der Waals surface area contributed by atoms with Crippen LogP contribution in [0.1, 0.15) is 239 Å². The first-order valence-corrected chi connectivity index (χ1v) is 23.1. The van der Waals surface area contributed by atoms with Crippen molar-refractivity contribution in [3.63, 3.8) is 0 Å². The fourth-order valence-electron chi connectivity index (χ4n) is 7.06. The lowest BCUT2D eigenvalue weighted by atomic mass is 10.0. The predicted molar refractivity (Wildman–Crippen MR) is 227 cm³/mol. The maximum Gasteiger partial charge on any atom is 0.306 e. The van der Waals surface area contributed by atoms with Crippen molar-refractivity contribution in [1.82, 2.24) is 5.32 Å². The SMILES string of the molecule is CC/C=C/C/C=C/CCCCCCCCCC(=O)OC(CCCCCCCCCCC)CC(=O)NC(CO)C(O)CCCCCCCCCCCCC. The molecule has 0 aliphatic heterocycles. The topological polar surface area (TPSA) is 95.9 Å². The first-order chi connectivity index (χ1) is 26.0. The number of hydrogen-bond acceptors (Lipinski definition) is 5. The molecule has 0 bridgehead atoms. The minimum atomic E-state index is -0.782. The van der Waals surface area contributed by atoms with Crippen LogP contribution in [0.15, 0.2) is 24.3 Å². The Labute approximate surface area is 329 Å². The zero-order chi connectivity index (χ0) is 38.9. The van der Waals surface area contributed by atoms with Crippen LogP contribution in [0.25, 0.3) is 0 Å². The van der Waals surface area contributed by atoms with Gasteiger partial charge in [-0.05, 0) is 51.4 Å². The number of carbonyl (C=O) groups excluding carboxylic acids is 2. The van der Waals surface area contributed by atoms with Gasteiger partial charge in [-0.3, -0.25) is 9.59 Å². The van der Waals surface area contributed by atoms with Gasteiger partial charge in [0.25, 0.3) is 0 Å². The molecule has 312 valence electrons. The summed E-state index contributed by atoms with van der Waals surface area (Å²) in [5.41, 5.74) is 0. The average Bonchev–Trinajstić information content (AvgIpc) is 3.15. The Hall–Kier alpha value is -1.66. The summed E-state index contributed by atoms with van der Waals surface area (Å²) in [6.07, 6.45) is 45.2. The first-order valence-electron chi connectivity index (χ1n) is 23.1. The van der Waals surface area contributed by atoms with Crippen molar-refractivity contribution in [2.24, 2.45) is 0 Å². The molecule has 0 aliphatic rings. The molecule has 0 saturated carbocycles. The number of amides is 1. The minimum absolute atomic E-state index is 0.0784. The monoisotopic (exact) mass is 748 g/mol. The third kappa shape index (κ3) is 37.1. The van der Waals surface area contributed by atoms with Crippen LogP contribution in [0, 0.1) is 0 Å². The van der Waals surface area contributed by atoms with Crippen molar-refractivity contribution in [1.29, 1.82) is 0 Å². The van der Waals surface area contributed by atoms with E-state index in [0.717, 1.165) is 64.2 Å². The van der Waals surface area contributed by atoms with Gasteiger partial charge >= 0.3 is 5.97 Å². The van der Waals surface area contributed by atoms with Gasteiger partial charge in [-0.2, -0.15) is 0 Å². The zero-order valence-electron chi connectivity index (χ0n) is 35.4. The smallest absolute Gasteiger partial charge is 0.306 e. The van der Waals surface area contributed by atoms with Crippen LogP contribution in [0.4, 0.5) is 0 Å². The fourth-order valence-corrected chi connectivity index (χ4v) is 7.06. The molecule has 0 aromatic rings. The molecule has 53 heavy (non-hydrogen) atoms. The number of aliphatic hydroxyl groups excluding tert-OH is 2. The lowest BCUT2D eigenvalue weighted by molar-refractivity contribution is -0.151. The number of ether oxygens (including phenoxy) is 1. The highest BCUT2D eigenvalue weighted by Crippen LogP contribution is 2.18. The molecule has 0 radical (unpaired) electrons. The highest BCUT2D eigenvalue weighted by molar-refractivity contribution is 5.77. The Morgan fingerprint density at radius 3 is 1.53 bits per heavy atom. The molecular weight excluding hydrogens is 659 g/mol. The van der Waals surface area contributed by atoms with E-state index in [9.17, 15) is 19.8 Å². The molecule has 0 rings (SSSR count). The largest absolute Gasteiger partial charge is 0.462 e. The Bertz CT molecular complexity index is 843. The van der Waals surface area contributed by atoms with E-state index in [1.165, 1.54) is 128 Å². The fraction of sp³-hybridized carbons (Fsp3) is 0.872. The summed E-state index contributed by atoms with van der Waals surface area (Å²) < 4.78 is 5.89. The van der Waals surface area contributed by atoms with Gasteiger partial charge in [0.05, 0.1) is 25.2 Å². The minimum Gasteiger partial charge on any atom is -0.462 e. The van der Waals surface area contributed by atoms with E-state index >= 15 is 0 Å². The highest BCUT2D eigenvalue weighted by Gasteiger charge is 2.24. The van der Waals surface area contributed by atoms with E-state index in [-0.39, 0.29) is 24.9 Å². The number of aliphatic hydroxyl groups is 2. The van der Waals surface area contributed by atoms with E-state index < -0.39 is 18.2 Å². The zero-order valence-corrected chi connectivity index (χ0v) is 35.4. The normalized spacial score (nSPS) is 13.5. The van der Waals surface area contributed by atoms with Crippen LogP contribution in [0.2, 0.25) is 0 Å². The summed E-state index contributed by atoms with van der Waals surface area (Å²) in [5.74, 6) is -0.478. The number of rotatable bonds is 41. The summed E-state index contributed by atoms with van der Waals surface area (Å²) in [6, 6.07) is -0.695. The van der Waals surface area contributed by atoms with Crippen LogP contribution in [0.3, 0.4) is 0 Å². The Morgan fingerprint density at radius 1 is 0.566 bits per heavy atom. The van der Waals surface area contributed by atoms with Gasteiger partial charge in [0.2, 0.25) is 5.91 Å². The van der Waals surface area contributed by atoms with Crippen molar-refractivity contribution in [2.75, 3.05) is 6.61 Å². The molecule has 0 aromatic heterocycles. The van der Waals surface area contributed by atoms with Gasteiger partial charge in [0, 0.05) is 6.42 Å². The summed E-state index contributed by atoms with van der Waals surface area (Å²) in [5, 5.41) is 23.6. The molecule has 0 heterocycles. The molecular formula is C47H89NO5. The molecule has 6 nitrogen and oxygen atoms in total.